The fourth-order valence-corrected chi connectivity index (χ4v) is 8.68. The molecule has 17 heteroatoms. The van der Waals surface area contributed by atoms with E-state index in [4.69, 9.17) is 14.1 Å². The van der Waals surface area contributed by atoms with Crippen molar-refractivity contribution >= 4 is 58.9 Å². The number of phenolic OH excluding ortho intramolecular Hbond substituents is 1. The maximum absolute atomic E-state index is 14.3. The first kappa shape index (κ1) is 41.3. The molecule has 1 aliphatic carbocycles. The van der Waals surface area contributed by atoms with Gasteiger partial charge in [-0.3, -0.25) is 14.6 Å². The van der Waals surface area contributed by atoms with Crippen molar-refractivity contribution < 1.29 is 60.2 Å². The van der Waals surface area contributed by atoms with Crippen LogP contribution in [-0.4, -0.2) is 53.9 Å². The third-order valence-corrected chi connectivity index (χ3v) is 11.4. The van der Waals surface area contributed by atoms with Gasteiger partial charge in [-0.25, -0.2) is 4.90 Å². The van der Waals surface area contributed by atoms with Crippen molar-refractivity contribution in [3.05, 3.63) is 122 Å². The number of amides is 2. The summed E-state index contributed by atoms with van der Waals surface area (Å²) < 4.78 is 101. The van der Waals surface area contributed by atoms with Crippen LogP contribution in [0.25, 0.3) is 11.6 Å². The number of phenols is 1. The zero-order valence-corrected chi connectivity index (χ0v) is 32.7. The molecule has 0 spiro atoms. The number of allylic oxidation sites excluding steroid dienone is 1. The number of rotatable bonds is 10. The van der Waals surface area contributed by atoms with Gasteiger partial charge in [0.1, 0.15) is 12.4 Å². The van der Waals surface area contributed by atoms with Crippen molar-refractivity contribution in [3.8, 4) is 17.2 Å². The Kier molecular flexibility index (Phi) is 11.7. The molecule has 58 heavy (non-hydrogen) atoms. The number of fused-ring (bicyclic) bond motifs is 3. The second kappa shape index (κ2) is 16.4. The van der Waals surface area contributed by atoms with Gasteiger partial charge < -0.3 is 24.3 Å². The smallest absolute Gasteiger partial charge is 0.455 e. The Labute approximate surface area is 342 Å². The molecule has 2 saturated heterocycles. The van der Waals surface area contributed by atoms with Gasteiger partial charge in [0.15, 0.2) is 11.5 Å². The van der Waals surface area contributed by atoms with Gasteiger partial charge in [-0.05, 0) is 137 Å². The third-order valence-electron chi connectivity index (χ3n) is 10.6. The number of hydrogen-bond donors (Lipinski definition) is 2. The fourth-order valence-electron chi connectivity index (χ4n) is 8.05. The molecular formula is C41H34BF6IN2O7. The Hall–Kier alpha value is -4.88. The lowest BCUT2D eigenvalue weighted by Crippen LogP contribution is -2.46. The molecule has 302 valence electrons. The van der Waals surface area contributed by atoms with Gasteiger partial charge in [0.2, 0.25) is 11.8 Å². The van der Waals surface area contributed by atoms with Crippen molar-refractivity contribution in [2.75, 3.05) is 18.6 Å². The number of hydrogen-bond acceptors (Lipinski definition) is 8. The normalized spacial score (nSPS) is 21.3. The number of nitrogens with zero attached hydrogens (tertiary/aromatic N) is 2. The van der Waals surface area contributed by atoms with Crippen molar-refractivity contribution in [2.24, 2.45) is 17.8 Å². The number of halogens is 7. The monoisotopic (exact) mass is 918 g/mol. The average Bonchev–Trinajstić information content (AvgIpc) is 3.44. The van der Waals surface area contributed by atoms with Gasteiger partial charge in [-0.15, -0.1) is 0 Å². The highest BCUT2D eigenvalue weighted by molar-refractivity contribution is 14.1. The van der Waals surface area contributed by atoms with Crippen LogP contribution in [0.1, 0.15) is 41.6 Å². The van der Waals surface area contributed by atoms with E-state index in [-0.39, 0.29) is 43.3 Å². The number of benzene rings is 3. The Morgan fingerprint density at radius 3 is 2.29 bits per heavy atom. The second-order valence-electron chi connectivity index (χ2n) is 14.2. The molecule has 3 aliphatic rings. The molecule has 0 unspecified atom stereocenters. The van der Waals surface area contributed by atoms with E-state index in [0.717, 1.165) is 5.57 Å². The van der Waals surface area contributed by atoms with E-state index in [9.17, 15) is 46.1 Å². The summed E-state index contributed by atoms with van der Waals surface area (Å²) in [5, 5.41) is 21.6. The van der Waals surface area contributed by atoms with Gasteiger partial charge in [0.25, 0.3) is 0 Å². The molecule has 2 fully saturated rings. The molecule has 7 rings (SSSR count). The number of aromatic nitrogens is 1. The zero-order valence-electron chi connectivity index (χ0n) is 30.6. The van der Waals surface area contributed by atoms with Gasteiger partial charge in [-0.2, -0.15) is 26.3 Å². The summed E-state index contributed by atoms with van der Waals surface area (Å²) in [6, 6.07) is 18.2. The molecular weight excluding hydrogens is 884 g/mol. The Morgan fingerprint density at radius 2 is 1.66 bits per heavy atom. The third kappa shape index (κ3) is 8.47. The van der Waals surface area contributed by atoms with E-state index in [1.807, 2.05) is 40.8 Å². The van der Waals surface area contributed by atoms with Crippen molar-refractivity contribution in [2.45, 2.75) is 44.0 Å². The van der Waals surface area contributed by atoms with Crippen molar-refractivity contribution in [3.63, 3.8) is 0 Å². The SMILES string of the molecule is COc1cc(/C=C(/CC[C@H]2OB(O)C[C@H]3C2=C(COc2ccccc2)C[C@H]2C(=O)N(c4cc(C(F)(F)F)cc(C(F)(F)F)c4)C(=O)[C@H]23)c2ccccn2)cc(I)c1O. The summed E-state index contributed by atoms with van der Waals surface area (Å²) in [5.41, 5.74) is -0.978. The number of carbonyl (C=O) groups is 2. The van der Waals surface area contributed by atoms with Crippen LogP contribution in [0, 0.1) is 21.3 Å². The molecule has 2 amide bonds. The highest BCUT2D eigenvalue weighted by Gasteiger charge is 2.58. The number of carbonyl (C=O) groups excluding carboxylic acids is 2. The minimum absolute atomic E-state index is 0.0181. The second-order valence-corrected chi connectivity index (χ2v) is 15.3. The lowest BCUT2D eigenvalue weighted by Gasteiger charge is -2.43. The highest BCUT2D eigenvalue weighted by Crippen LogP contribution is 2.52. The highest BCUT2D eigenvalue weighted by atomic mass is 127. The van der Waals surface area contributed by atoms with Crippen molar-refractivity contribution in [1.82, 2.24) is 4.98 Å². The Balaban J connectivity index is 1.27. The van der Waals surface area contributed by atoms with Crippen LogP contribution in [0.2, 0.25) is 6.32 Å². The molecule has 1 aromatic heterocycles. The first-order chi connectivity index (χ1) is 27.5. The van der Waals surface area contributed by atoms with Crippen LogP contribution in [0.3, 0.4) is 0 Å². The van der Waals surface area contributed by atoms with E-state index in [0.29, 0.717) is 55.2 Å². The molecule has 0 saturated carbocycles. The van der Waals surface area contributed by atoms with E-state index in [2.05, 4.69) is 4.98 Å². The predicted molar refractivity (Wildman–Crippen MR) is 209 cm³/mol. The first-order valence-corrected chi connectivity index (χ1v) is 19.2. The number of anilines is 1. The summed E-state index contributed by atoms with van der Waals surface area (Å²) in [7, 11) is 0.00447. The summed E-state index contributed by atoms with van der Waals surface area (Å²) in [6.45, 7) is -0.0764. The number of alkyl halides is 6. The van der Waals surface area contributed by atoms with Crippen molar-refractivity contribution in [1.29, 1.82) is 0 Å². The predicted octanol–water partition coefficient (Wildman–Crippen LogP) is 8.84. The maximum atomic E-state index is 14.3. The largest absolute Gasteiger partial charge is 0.504 e. The van der Waals surface area contributed by atoms with Crippen LogP contribution in [0.15, 0.2) is 96.2 Å². The molecule has 2 aliphatic heterocycles. The lowest BCUT2D eigenvalue weighted by molar-refractivity contribution is -0.143. The van der Waals surface area contributed by atoms with Crippen LogP contribution in [0.4, 0.5) is 32.0 Å². The Bertz CT molecular complexity index is 2240. The standard InChI is InChI=1S/C41H34BF6IN2O7/c1-56-34-15-22(14-31(49)37(34)52)13-23(32-9-5-6-12-50-32)10-11-33-35-24(21-57-28-7-3-2-4-8-28)16-29-36(30(35)20-42(55)58-33)39(54)51(38(29)53)27-18-25(40(43,44)45)17-26(19-27)41(46,47)48/h2-9,12-15,17-19,29-30,33,36,52,55H,10-11,16,20-21H2,1H3/b23-13-/t29-,30+,33-,36-/m1/s1. The first-order valence-electron chi connectivity index (χ1n) is 18.1. The van der Waals surface area contributed by atoms with Gasteiger partial charge in [0, 0.05) is 6.20 Å². The topological polar surface area (TPSA) is 118 Å². The van der Waals surface area contributed by atoms with Gasteiger partial charge in [-0.1, -0.05) is 24.3 Å². The molecule has 2 N–H and O–H groups in total. The Morgan fingerprint density at radius 1 is 0.966 bits per heavy atom. The minimum Gasteiger partial charge on any atom is -0.504 e. The molecule has 4 aromatic rings. The van der Waals surface area contributed by atoms with Crippen LogP contribution in [0.5, 0.6) is 17.2 Å². The molecule has 9 nitrogen and oxygen atoms in total. The molecule has 0 radical (unpaired) electrons. The van der Waals surface area contributed by atoms with Crippen LogP contribution < -0.4 is 14.4 Å². The number of ether oxygens (including phenoxy) is 2. The van der Waals surface area contributed by atoms with Crippen LogP contribution >= 0.6 is 22.6 Å². The number of para-hydroxylation sites is 1. The van der Waals surface area contributed by atoms with E-state index < -0.39 is 72.0 Å². The van der Waals surface area contributed by atoms with E-state index >= 15 is 0 Å². The number of aromatic hydroxyl groups is 1. The molecule has 4 atom stereocenters. The molecule has 3 aromatic carbocycles. The molecule has 0 bridgehead atoms. The number of pyridine rings is 1. The zero-order chi connectivity index (χ0) is 41.5. The van der Waals surface area contributed by atoms with Gasteiger partial charge >= 0.3 is 19.5 Å². The van der Waals surface area contributed by atoms with E-state index in [1.165, 1.54) is 7.11 Å². The van der Waals surface area contributed by atoms with Gasteiger partial charge in [0.05, 0.1) is 51.1 Å². The molecule has 3 heterocycles. The maximum Gasteiger partial charge on any atom is 0.455 e. The van der Waals surface area contributed by atoms with Crippen LogP contribution in [-0.2, 0) is 26.6 Å². The summed E-state index contributed by atoms with van der Waals surface area (Å²) >= 11 is 1.99. The summed E-state index contributed by atoms with van der Waals surface area (Å²) in [6.07, 6.45) is -7.52. The van der Waals surface area contributed by atoms with E-state index in [1.54, 1.807) is 54.7 Å². The average molecular weight is 918 g/mol. The minimum atomic E-state index is -5.21. The lowest BCUT2D eigenvalue weighted by atomic mass is 9.58. The number of imide groups is 1. The quantitative estimate of drug-likeness (QED) is 0.0533. The summed E-state index contributed by atoms with van der Waals surface area (Å²) in [4.78, 5) is 33.4. The summed E-state index contributed by atoms with van der Waals surface area (Å²) in [5.74, 6) is -4.44. The number of methoxy groups -OCH3 is 1. The fraction of sp³-hybridized carbons (Fsp3) is 0.293.